The Balaban J connectivity index is 1.74. The Bertz CT molecular complexity index is 1100. The number of rotatable bonds is 4. The van der Waals surface area contributed by atoms with Crippen molar-refractivity contribution in [3.63, 3.8) is 0 Å². The average molecular weight is 354 g/mol. The van der Waals surface area contributed by atoms with Crippen molar-refractivity contribution in [3.05, 3.63) is 95.8 Å². The predicted octanol–water partition coefficient (Wildman–Crippen LogP) is 5.75. The quantitative estimate of drug-likeness (QED) is 0.497. The van der Waals surface area contributed by atoms with Gasteiger partial charge in [0.15, 0.2) is 0 Å². The number of nitrogens with zero attached hydrogens (tertiary/aromatic N) is 1. The molecule has 1 N–H and O–H groups in total. The van der Waals surface area contributed by atoms with E-state index >= 15 is 0 Å². The smallest absolute Gasteiger partial charge is 0.257 e. The number of fused-ring (bicyclic) bond motifs is 1. The van der Waals surface area contributed by atoms with Crippen LogP contribution in [-0.2, 0) is 6.42 Å². The molecule has 4 rings (SSSR count). The highest BCUT2D eigenvalue weighted by Crippen LogP contribution is 2.26. The minimum atomic E-state index is -0.0685. The molecule has 0 fully saturated rings. The van der Waals surface area contributed by atoms with Crippen LogP contribution in [0.5, 0.6) is 0 Å². The van der Waals surface area contributed by atoms with Crippen LogP contribution in [0.25, 0.3) is 16.5 Å². The SMILES string of the molecule is CCc1c(C(=O)Nc2cccc3ccccc23)cc(C)n1-c1ccccc1. The molecule has 0 spiro atoms. The summed E-state index contributed by atoms with van der Waals surface area (Å²) in [5.41, 5.74) is 4.73. The second kappa shape index (κ2) is 7.12. The molecule has 1 aromatic heterocycles. The summed E-state index contributed by atoms with van der Waals surface area (Å²) in [6, 6.07) is 26.2. The van der Waals surface area contributed by atoms with Crippen molar-refractivity contribution < 1.29 is 4.79 Å². The van der Waals surface area contributed by atoms with E-state index in [4.69, 9.17) is 0 Å². The number of benzene rings is 3. The Morgan fingerprint density at radius 1 is 0.926 bits per heavy atom. The normalized spacial score (nSPS) is 10.9. The molecule has 1 heterocycles. The van der Waals surface area contributed by atoms with E-state index in [2.05, 4.69) is 41.1 Å². The molecule has 0 aliphatic carbocycles. The van der Waals surface area contributed by atoms with Gasteiger partial charge in [0.2, 0.25) is 0 Å². The van der Waals surface area contributed by atoms with E-state index in [1.54, 1.807) is 0 Å². The summed E-state index contributed by atoms with van der Waals surface area (Å²) in [7, 11) is 0. The second-order valence-corrected chi connectivity index (χ2v) is 6.65. The van der Waals surface area contributed by atoms with Crippen molar-refractivity contribution in [2.75, 3.05) is 5.32 Å². The number of carbonyl (C=O) groups is 1. The summed E-state index contributed by atoms with van der Waals surface area (Å²) in [5.74, 6) is -0.0685. The van der Waals surface area contributed by atoms with Gasteiger partial charge in [0.05, 0.1) is 5.56 Å². The van der Waals surface area contributed by atoms with E-state index < -0.39 is 0 Å². The topological polar surface area (TPSA) is 34.0 Å². The molecule has 0 aliphatic heterocycles. The predicted molar refractivity (Wildman–Crippen MR) is 112 cm³/mol. The van der Waals surface area contributed by atoms with Crippen molar-refractivity contribution in [1.29, 1.82) is 0 Å². The lowest BCUT2D eigenvalue weighted by molar-refractivity contribution is 0.102. The van der Waals surface area contributed by atoms with Crippen LogP contribution < -0.4 is 5.32 Å². The Kier molecular flexibility index (Phi) is 4.51. The third-order valence-electron chi connectivity index (χ3n) is 4.92. The lowest BCUT2D eigenvalue weighted by Crippen LogP contribution is -2.14. The summed E-state index contributed by atoms with van der Waals surface area (Å²) in [5, 5.41) is 5.28. The third kappa shape index (κ3) is 3.13. The minimum Gasteiger partial charge on any atom is -0.321 e. The molecule has 3 nitrogen and oxygen atoms in total. The Morgan fingerprint density at radius 3 is 2.41 bits per heavy atom. The molecule has 0 bridgehead atoms. The van der Waals surface area contributed by atoms with E-state index in [9.17, 15) is 4.79 Å². The monoisotopic (exact) mass is 354 g/mol. The van der Waals surface area contributed by atoms with Gasteiger partial charge in [-0.2, -0.15) is 0 Å². The van der Waals surface area contributed by atoms with Crippen LogP contribution in [0.4, 0.5) is 5.69 Å². The summed E-state index contributed by atoms with van der Waals surface area (Å²) in [6.45, 7) is 4.13. The molecule has 0 unspecified atom stereocenters. The van der Waals surface area contributed by atoms with Gasteiger partial charge in [-0.1, -0.05) is 61.5 Å². The highest BCUT2D eigenvalue weighted by Gasteiger charge is 2.19. The molecule has 0 radical (unpaired) electrons. The molecule has 1 amide bonds. The van der Waals surface area contributed by atoms with Crippen molar-refractivity contribution >= 4 is 22.4 Å². The Morgan fingerprint density at radius 2 is 1.63 bits per heavy atom. The maximum atomic E-state index is 13.1. The number of hydrogen-bond acceptors (Lipinski definition) is 1. The van der Waals surface area contributed by atoms with Gasteiger partial charge in [0.1, 0.15) is 0 Å². The van der Waals surface area contributed by atoms with Crippen molar-refractivity contribution in [1.82, 2.24) is 4.57 Å². The summed E-state index contributed by atoms with van der Waals surface area (Å²) in [6.07, 6.45) is 0.779. The Hall–Kier alpha value is -3.33. The van der Waals surface area contributed by atoms with Gasteiger partial charge in [-0.05, 0) is 43.0 Å². The molecule has 3 heteroatoms. The standard InChI is InChI=1S/C24H22N2O/c1-3-23-21(16-17(2)26(23)19-12-5-4-6-13-19)24(27)25-22-15-9-11-18-10-7-8-14-20(18)22/h4-16H,3H2,1-2H3,(H,25,27). The molecular formula is C24H22N2O. The lowest BCUT2D eigenvalue weighted by Gasteiger charge is -2.12. The molecule has 0 saturated carbocycles. The van der Waals surface area contributed by atoms with Crippen LogP contribution in [0, 0.1) is 6.92 Å². The molecule has 0 atom stereocenters. The zero-order valence-electron chi connectivity index (χ0n) is 15.6. The molecule has 134 valence electrons. The molecule has 3 aromatic carbocycles. The van der Waals surface area contributed by atoms with Gasteiger partial charge in [0, 0.05) is 28.1 Å². The second-order valence-electron chi connectivity index (χ2n) is 6.65. The van der Waals surface area contributed by atoms with Crippen molar-refractivity contribution in [2.45, 2.75) is 20.3 Å². The third-order valence-corrected chi connectivity index (χ3v) is 4.92. The fourth-order valence-corrected chi connectivity index (χ4v) is 3.70. The first kappa shape index (κ1) is 17.1. The number of para-hydroxylation sites is 1. The molecule has 4 aromatic rings. The number of carbonyl (C=O) groups excluding carboxylic acids is 1. The van der Waals surface area contributed by atoms with Crippen LogP contribution in [0.3, 0.4) is 0 Å². The largest absolute Gasteiger partial charge is 0.321 e. The number of anilines is 1. The zero-order valence-corrected chi connectivity index (χ0v) is 15.6. The van der Waals surface area contributed by atoms with Crippen molar-refractivity contribution in [3.8, 4) is 5.69 Å². The highest BCUT2D eigenvalue weighted by atomic mass is 16.1. The van der Waals surface area contributed by atoms with Gasteiger partial charge >= 0.3 is 0 Å². The first-order valence-corrected chi connectivity index (χ1v) is 9.25. The average Bonchev–Trinajstić information content (AvgIpc) is 3.05. The number of aromatic nitrogens is 1. The van der Waals surface area contributed by atoms with E-state index in [1.807, 2.05) is 61.5 Å². The van der Waals surface area contributed by atoms with Crippen LogP contribution in [0.15, 0.2) is 78.9 Å². The first-order valence-electron chi connectivity index (χ1n) is 9.25. The number of nitrogens with one attached hydrogen (secondary N) is 1. The van der Waals surface area contributed by atoms with Crippen LogP contribution >= 0.6 is 0 Å². The Labute approximate surface area is 159 Å². The fraction of sp³-hybridized carbons (Fsp3) is 0.125. The first-order chi connectivity index (χ1) is 13.2. The fourth-order valence-electron chi connectivity index (χ4n) is 3.70. The van der Waals surface area contributed by atoms with Crippen LogP contribution in [-0.4, -0.2) is 10.5 Å². The van der Waals surface area contributed by atoms with Gasteiger partial charge in [-0.15, -0.1) is 0 Å². The molecule has 0 saturated heterocycles. The van der Waals surface area contributed by atoms with E-state index in [0.717, 1.165) is 45.5 Å². The number of hydrogen-bond donors (Lipinski definition) is 1. The van der Waals surface area contributed by atoms with Gasteiger partial charge < -0.3 is 9.88 Å². The molecule has 27 heavy (non-hydrogen) atoms. The summed E-state index contributed by atoms with van der Waals surface area (Å²) < 4.78 is 2.16. The molecular weight excluding hydrogens is 332 g/mol. The highest BCUT2D eigenvalue weighted by molar-refractivity contribution is 6.10. The number of amides is 1. The number of aryl methyl sites for hydroxylation is 1. The summed E-state index contributed by atoms with van der Waals surface area (Å²) >= 11 is 0. The summed E-state index contributed by atoms with van der Waals surface area (Å²) in [4.78, 5) is 13.1. The zero-order chi connectivity index (χ0) is 18.8. The van der Waals surface area contributed by atoms with Gasteiger partial charge in [0.25, 0.3) is 5.91 Å². The van der Waals surface area contributed by atoms with E-state index in [0.29, 0.717) is 0 Å². The van der Waals surface area contributed by atoms with Crippen molar-refractivity contribution in [2.24, 2.45) is 0 Å². The maximum Gasteiger partial charge on any atom is 0.257 e. The van der Waals surface area contributed by atoms with Gasteiger partial charge in [-0.3, -0.25) is 4.79 Å². The van der Waals surface area contributed by atoms with E-state index in [1.165, 1.54) is 0 Å². The van der Waals surface area contributed by atoms with Crippen LogP contribution in [0.2, 0.25) is 0 Å². The molecule has 0 aliphatic rings. The van der Waals surface area contributed by atoms with Gasteiger partial charge in [-0.25, -0.2) is 0 Å². The maximum absolute atomic E-state index is 13.1. The minimum absolute atomic E-state index is 0.0685. The van der Waals surface area contributed by atoms with E-state index in [-0.39, 0.29) is 5.91 Å². The lowest BCUT2D eigenvalue weighted by atomic mass is 10.1. The van der Waals surface area contributed by atoms with Crippen LogP contribution in [0.1, 0.15) is 28.7 Å².